The maximum Gasteiger partial charge on any atom is 0.241 e. The van der Waals surface area contributed by atoms with E-state index in [1.54, 1.807) is 19.1 Å². The number of sulfonamides is 1. The largest absolute Gasteiger partial charge is 0.398 e. The molecule has 0 aromatic heterocycles. The summed E-state index contributed by atoms with van der Waals surface area (Å²) >= 11 is 6.66. The first-order valence-corrected chi connectivity index (χ1v) is 9.17. The average molecular weight is 434 g/mol. The van der Waals surface area contributed by atoms with Crippen molar-refractivity contribution in [3.05, 3.63) is 56.5 Å². The molecule has 0 atom stereocenters. The molecule has 0 saturated carbocycles. The monoisotopic (exact) mass is 432 g/mol. The molecule has 0 radical (unpaired) electrons. The fraction of sp³-hybridized carbons (Fsp3) is 0.143. The second-order valence-corrected chi connectivity index (χ2v) is 8.04. The quantitative estimate of drug-likeness (QED) is 0.723. The van der Waals surface area contributed by atoms with E-state index in [0.717, 1.165) is 10.0 Å². The van der Waals surface area contributed by atoms with Crippen molar-refractivity contribution in [2.75, 3.05) is 5.73 Å². The zero-order valence-corrected chi connectivity index (χ0v) is 15.2. The maximum atomic E-state index is 12.4. The molecular weight excluding hydrogens is 420 g/mol. The summed E-state index contributed by atoms with van der Waals surface area (Å²) in [5.41, 5.74) is 7.66. The Hall–Kier alpha value is -0.890. The summed E-state index contributed by atoms with van der Waals surface area (Å²) in [7, 11) is -3.63. The fourth-order valence-electron chi connectivity index (χ4n) is 1.85. The number of hydrogen-bond acceptors (Lipinski definition) is 3. The molecule has 0 fully saturated rings. The Morgan fingerprint density at radius 1 is 1.19 bits per heavy atom. The van der Waals surface area contributed by atoms with E-state index < -0.39 is 10.0 Å². The van der Waals surface area contributed by atoms with Crippen LogP contribution in [0.2, 0.25) is 0 Å². The lowest BCUT2D eigenvalue weighted by Gasteiger charge is -2.12. The molecular formula is C14H14Br2N2O2S. The van der Waals surface area contributed by atoms with Gasteiger partial charge in [0.1, 0.15) is 0 Å². The van der Waals surface area contributed by atoms with Crippen LogP contribution in [0.1, 0.15) is 11.1 Å². The van der Waals surface area contributed by atoms with Crippen LogP contribution in [0.4, 0.5) is 5.69 Å². The lowest BCUT2D eigenvalue weighted by molar-refractivity contribution is 0.580. The smallest absolute Gasteiger partial charge is 0.241 e. The number of hydrogen-bond donors (Lipinski definition) is 2. The van der Waals surface area contributed by atoms with E-state index in [1.807, 2.05) is 24.3 Å². The number of nitrogens with two attached hydrogens (primary N) is 1. The van der Waals surface area contributed by atoms with Crippen LogP contribution >= 0.6 is 31.9 Å². The Morgan fingerprint density at radius 2 is 1.86 bits per heavy atom. The van der Waals surface area contributed by atoms with E-state index in [9.17, 15) is 8.42 Å². The minimum absolute atomic E-state index is 0.182. The summed E-state index contributed by atoms with van der Waals surface area (Å²) in [5, 5.41) is 0. The van der Waals surface area contributed by atoms with Crippen molar-refractivity contribution in [2.45, 2.75) is 18.4 Å². The van der Waals surface area contributed by atoms with Gasteiger partial charge in [-0.3, -0.25) is 0 Å². The first-order chi connectivity index (χ1) is 9.81. The molecule has 7 heteroatoms. The Kier molecular flexibility index (Phi) is 5.08. The van der Waals surface area contributed by atoms with Crippen LogP contribution in [0.5, 0.6) is 0 Å². The molecule has 0 heterocycles. The summed E-state index contributed by atoms with van der Waals surface area (Å²) < 4.78 is 29.0. The van der Waals surface area contributed by atoms with Crippen LogP contribution in [-0.2, 0) is 16.6 Å². The standard InChI is InChI=1S/C14H14Br2N2O2S/c1-9-13(17)6-11(15)7-14(9)21(19,20)18-8-10-4-2-3-5-12(10)16/h2-7,18H,8,17H2,1H3. The zero-order valence-electron chi connectivity index (χ0n) is 11.2. The van der Waals surface area contributed by atoms with Crippen LogP contribution in [0.3, 0.4) is 0 Å². The van der Waals surface area contributed by atoms with E-state index in [0.29, 0.717) is 15.7 Å². The minimum Gasteiger partial charge on any atom is -0.398 e. The predicted molar refractivity (Wildman–Crippen MR) is 91.5 cm³/mol. The lowest BCUT2D eigenvalue weighted by Crippen LogP contribution is -2.24. The highest BCUT2D eigenvalue weighted by atomic mass is 79.9. The van der Waals surface area contributed by atoms with Gasteiger partial charge in [0.25, 0.3) is 0 Å². The summed E-state index contributed by atoms with van der Waals surface area (Å²) in [6, 6.07) is 10.7. The summed E-state index contributed by atoms with van der Waals surface area (Å²) in [6.07, 6.45) is 0. The normalized spacial score (nSPS) is 11.6. The molecule has 2 rings (SSSR count). The number of anilines is 1. The van der Waals surface area contributed by atoms with E-state index in [2.05, 4.69) is 36.6 Å². The second-order valence-electron chi connectivity index (χ2n) is 4.53. The van der Waals surface area contributed by atoms with Crippen LogP contribution in [-0.4, -0.2) is 8.42 Å². The lowest BCUT2D eigenvalue weighted by atomic mass is 10.2. The van der Waals surface area contributed by atoms with Gasteiger partial charge < -0.3 is 5.73 Å². The van der Waals surface area contributed by atoms with Crippen molar-refractivity contribution in [1.82, 2.24) is 4.72 Å². The topological polar surface area (TPSA) is 72.2 Å². The summed E-state index contributed by atoms with van der Waals surface area (Å²) in [4.78, 5) is 0.182. The highest BCUT2D eigenvalue weighted by molar-refractivity contribution is 9.10. The van der Waals surface area contributed by atoms with Crippen molar-refractivity contribution in [2.24, 2.45) is 0 Å². The van der Waals surface area contributed by atoms with Crippen LogP contribution in [0, 0.1) is 6.92 Å². The summed E-state index contributed by atoms with van der Waals surface area (Å²) in [5.74, 6) is 0. The van der Waals surface area contributed by atoms with Gasteiger partial charge in [-0.05, 0) is 36.2 Å². The Labute approximate surface area is 141 Å². The van der Waals surface area contributed by atoms with Gasteiger partial charge in [-0.15, -0.1) is 0 Å². The molecule has 0 aliphatic rings. The van der Waals surface area contributed by atoms with E-state index >= 15 is 0 Å². The van der Waals surface area contributed by atoms with E-state index in [1.165, 1.54) is 0 Å². The molecule has 3 N–H and O–H groups in total. The maximum absolute atomic E-state index is 12.4. The van der Waals surface area contributed by atoms with Gasteiger partial charge in [0.2, 0.25) is 10.0 Å². The van der Waals surface area contributed by atoms with Crippen molar-refractivity contribution in [3.8, 4) is 0 Å². The Balaban J connectivity index is 2.30. The number of nitrogens with one attached hydrogen (secondary N) is 1. The first kappa shape index (κ1) is 16.5. The molecule has 0 aliphatic carbocycles. The second kappa shape index (κ2) is 6.48. The van der Waals surface area contributed by atoms with Gasteiger partial charge in [-0.2, -0.15) is 0 Å². The number of rotatable bonds is 4. The third kappa shape index (κ3) is 3.85. The molecule has 0 spiro atoms. The van der Waals surface area contributed by atoms with E-state index in [-0.39, 0.29) is 11.4 Å². The van der Waals surface area contributed by atoms with Gasteiger partial charge in [0, 0.05) is 21.2 Å². The molecule has 2 aromatic carbocycles. The number of nitrogen functional groups attached to an aromatic ring is 1. The highest BCUT2D eigenvalue weighted by Crippen LogP contribution is 2.26. The molecule has 0 aliphatic heterocycles. The number of benzene rings is 2. The third-order valence-corrected chi connectivity index (χ3v) is 5.82. The molecule has 21 heavy (non-hydrogen) atoms. The average Bonchev–Trinajstić information content (AvgIpc) is 2.42. The van der Waals surface area contributed by atoms with Crippen molar-refractivity contribution < 1.29 is 8.42 Å². The minimum atomic E-state index is -3.63. The van der Waals surface area contributed by atoms with E-state index in [4.69, 9.17) is 5.73 Å². The molecule has 2 aromatic rings. The third-order valence-electron chi connectivity index (χ3n) is 3.06. The Morgan fingerprint density at radius 3 is 2.52 bits per heavy atom. The fourth-order valence-corrected chi connectivity index (χ4v) is 4.20. The van der Waals surface area contributed by atoms with Crippen molar-refractivity contribution in [1.29, 1.82) is 0 Å². The van der Waals surface area contributed by atoms with Crippen molar-refractivity contribution in [3.63, 3.8) is 0 Å². The van der Waals surface area contributed by atoms with Gasteiger partial charge in [-0.25, -0.2) is 13.1 Å². The summed E-state index contributed by atoms with van der Waals surface area (Å²) in [6.45, 7) is 1.89. The van der Waals surface area contributed by atoms with Gasteiger partial charge in [-0.1, -0.05) is 50.1 Å². The first-order valence-electron chi connectivity index (χ1n) is 6.10. The highest BCUT2D eigenvalue weighted by Gasteiger charge is 2.19. The molecule has 0 unspecified atom stereocenters. The van der Waals surface area contributed by atoms with Gasteiger partial charge >= 0.3 is 0 Å². The molecule has 0 amide bonds. The Bertz CT molecular complexity index is 777. The molecule has 112 valence electrons. The van der Waals surface area contributed by atoms with Gasteiger partial charge in [0.15, 0.2) is 0 Å². The van der Waals surface area contributed by atoms with Crippen molar-refractivity contribution >= 4 is 47.6 Å². The SMILES string of the molecule is Cc1c(N)cc(Br)cc1S(=O)(=O)NCc1ccccc1Br. The molecule has 0 bridgehead atoms. The predicted octanol–water partition coefficient (Wildman–Crippen LogP) is 3.58. The van der Waals surface area contributed by atoms with Crippen LogP contribution in [0.25, 0.3) is 0 Å². The van der Waals surface area contributed by atoms with Gasteiger partial charge in [0.05, 0.1) is 4.90 Å². The molecule has 0 saturated heterocycles. The molecule has 4 nitrogen and oxygen atoms in total. The van der Waals surface area contributed by atoms with Crippen LogP contribution < -0.4 is 10.5 Å². The van der Waals surface area contributed by atoms with Crippen LogP contribution in [0.15, 0.2) is 50.2 Å². The number of halogens is 2. The zero-order chi connectivity index (χ0) is 15.6.